The number of fused-ring (bicyclic) bond motifs is 1. The number of hydrogen-bond donors (Lipinski definition) is 2. The topological polar surface area (TPSA) is 132 Å². The molecule has 0 saturated carbocycles. The van der Waals surface area contributed by atoms with Gasteiger partial charge >= 0.3 is 5.97 Å². The summed E-state index contributed by atoms with van der Waals surface area (Å²) < 4.78 is 11.4. The Morgan fingerprint density at radius 2 is 1.82 bits per heavy atom. The van der Waals surface area contributed by atoms with Crippen molar-refractivity contribution in [3.8, 4) is 5.75 Å². The second kappa shape index (κ2) is 9.18. The van der Waals surface area contributed by atoms with E-state index in [0.717, 1.165) is 4.40 Å². The molecule has 4 aromatic rings. The van der Waals surface area contributed by atoms with Crippen molar-refractivity contribution in [1.29, 1.82) is 0 Å². The first kappa shape index (κ1) is 21.5. The van der Waals surface area contributed by atoms with Crippen LogP contribution in [0.1, 0.15) is 33.4 Å². The van der Waals surface area contributed by atoms with Crippen LogP contribution in [0.25, 0.3) is 5.65 Å². The summed E-state index contributed by atoms with van der Waals surface area (Å²) in [7, 11) is 0. The standard InChI is InChI=1S/C23H18N4O6/c1-14(28)33-19-9-3-2-7-16(19)22(30)26-18-13-24-20-17(8-4-10-27(20)23(18)31)21(29)25-12-15-6-5-11-32-15/h2-11,13H,12H2,1H3,(H,25,29)(H,26,30). The molecule has 33 heavy (non-hydrogen) atoms. The van der Waals surface area contributed by atoms with Crippen LogP contribution in [0.4, 0.5) is 5.69 Å². The first-order valence-corrected chi connectivity index (χ1v) is 9.84. The molecule has 166 valence electrons. The normalized spacial score (nSPS) is 10.6. The molecule has 3 aromatic heterocycles. The van der Waals surface area contributed by atoms with Crippen molar-refractivity contribution in [2.24, 2.45) is 0 Å². The van der Waals surface area contributed by atoms with Crippen LogP contribution in [0.3, 0.4) is 0 Å². The van der Waals surface area contributed by atoms with E-state index in [1.165, 1.54) is 49.8 Å². The van der Waals surface area contributed by atoms with Crippen LogP contribution in [-0.2, 0) is 11.3 Å². The maximum atomic E-state index is 13.0. The highest BCUT2D eigenvalue weighted by molar-refractivity contribution is 6.06. The van der Waals surface area contributed by atoms with Gasteiger partial charge in [0.2, 0.25) is 0 Å². The summed E-state index contributed by atoms with van der Waals surface area (Å²) in [6, 6.07) is 12.6. The summed E-state index contributed by atoms with van der Waals surface area (Å²) in [6.45, 7) is 1.39. The molecule has 10 heteroatoms. The highest BCUT2D eigenvalue weighted by Gasteiger charge is 2.18. The number of furan rings is 1. The molecule has 1 aromatic carbocycles. The number of carbonyl (C=O) groups excluding carboxylic acids is 3. The number of nitrogens with one attached hydrogen (secondary N) is 2. The number of aromatic nitrogens is 2. The third kappa shape index (κ3) is 4.64. The van der Waals surface area contributed by atoms with Gasteiger partial charge in [-0.05, 0) is 36.4 Å². The Kier molecular flexibility index (Phi) is 5.98. The molecular weight excluding hydrogens is 428 g/mol. The smallest absolute Gasteiger partial charge is 0.308 e. The summed E-state index contributed by atoms with van der Waals surface area (Å²) >= 11 is 0. The molecule has 0 fully saturated rings. The van der Waals surface area contributed by atoms with Gasteiger partial charge in [-0.25, -0.2) is 4.98 Å². The number of benzene rings is 1. The number of anilines is 1. The summed E-state index contributed by atoms with van der Waals surface area (Å²) in [4.78, 5) is 53.8. The van der Waals surface area contributed by atoms with Gasteiger partial charge in [-0.1, -0.05) is 12.1 Å². The minimum atomic E-state index is -0.655. The number of nitrogens with zero attached hydrogens (tertiary/aromatic N) is 2. The third-order valence-electron chi connectivity index (χ3n) is 4.61. The average molecular weight is 446 g/mol. The Morgan fingerprint density at radius 3 is 2.58 bits per heavy atom. The number of pyridine rings is 1. The van der Waals surface area contributed by atoms with E-state index in [9.17, 15) is 19.2 Å². The lowest BCUT2D eigenvalue weighted by Gasteiger charge is -2.11. The summed E-state index contributed by atoms with van der Waals surface area (Å²) in [5.74, 6) is -1.04. The summed E-state index contributed by atoms with van der Waals surface area (Å²) in [5.41, 5.74) is -0.317. The number of esters is 1. The molecule has 0 aliphatic carbocycles. The van der Waals surface area contributed by atoms with E-state index in [2.05, 4.69) is 15.6 Å². The Morgan fingerprint density at radius 1 is 1.03 bits per heavy atom. The number of amides is 2. The van der Waals surface area contributed by atoms with Crippen molar-refractivity contribution >= 4 is 29.1 Å². The Hall–Kier alpha value is -4.73. The van der Waals surface area contributed by atoms with Crippen LogP contribution in [-0.4, -0.2) is 27.2 Å². The number of hydrogen-bond acceptors (Lipinski definition) is 7. The van der Waals surface area contributed by atoms with Crippen LogP contribution < -0.4 is 20.9 Å². The highest BCUT2D eigenvalue weighted by atomic mass is 16.5. The van der Waals surface area contributed by atoms with Crippen molar-refractivity contribution in [2.45, 2.75) is 13.5 Å². The molecule has 2 N–H and O–H groups in total. The molecule has 0 radical (unpaired) electrons. The van der Waals surface area contributed by atoms with E-state index in [1.807, 2.05) is 0 Å². The van der Waals surface area contributed by atoms with Crippen molar-refractivity contribution in [1.82, 2.24) is 14.7 Å². The zero-order chi connectivity index (χ0) is 23.4. The Labute approximate surface area is 186 Å². The zero-order valence-electron chi connectivity index (χ0n) is 17.4. The first-order valence-electron chi connectivity index (χ1n) is 9.84. The fraction of sp³-hybridized carbons (Fsp3) is 0.0870. The maximum absolute atomic E-state index is 13.0. The Bertz CT molecular complexity index is 1410. The average Bonchev–Trinajstić information content (AvgIpc) is 3.33. The second-order valence-electron chi connectivity index (χ2n) is 6.90. The monoisotopic (exact) mass is 446 g/mol. The first-order chi connectivity index (χ1) is 15.9. The van der Waals surface area contributed by atoms with Gasteiger partial charge in [0.05, 0.1) is 30.1 Å². The van der Waals surface area contributed by atoms with Crippen LogP contribution >= 0.6 is 0 Å². The lowest BCUT2D eigenvalue weighted by atomic mass is 10.2. The fourth-order valence-corrected chi connectivity index (χ4v) is 3.13. The third-order valence-corrected chi connectivity index (χ3v) is 4.61. The SMILES string of the molecule is CC(=O)Oc1ccccc1C(=O)Nc1cnc2c(C(=O)NCc3ccco3)cccn2c1=O. The molecule has 0 spiro atoms. The molecule has 0 aliphatic heterocycles. The van der Waals surface area contributed by atoms with Crippen molar-refractivity contribution in [2.75, 3.05) is 5.32 Å². The highest BCUT2D eigenvalue weighted by Crippen LogP contribution is 2.19. The van der Waals surface area contributed by atoms with Crippen LogP contribution in [0, 0.1) is 0 Å². The van der Waals surface area contributed by atoms with Gasteiger partial charge in [-0.2, -0.15) is 0 Å². The summed E-state index contributed by atoms with van der Waals surface area (Å²) in [5, 5.41) is 5.19. The van der Waals surface area contributed by atoms with Gasteiger partial charge in [-0.3, -0.25) is 23.6 Å². The predicted octanol–water partition coefficient (Wildman–Crippen LogP) is 2.40. The second-order valence-corrected chi connectivity index (χ2v) is 6.90. The van der Waals surface area contributed by atoms with E-state index in [0.29, 0.717) is 5.76 Å². The van der Waals surface area contributed by atoms with Gasteiger partial charge in [0.25, 0.3) is 17.4 Å². The molecule has 0 unspecified atom stereocenters. The van der Waals surface area contributed by atoms with Crippen LogP contribution in [0.5, 0.6) is 5.75 Å². The molecule has 2 amide bonds. The lowest BCUT2D eigenvalue weighted by molar-refractivity contribution is -0.131. The Balaban J connectivity index is 1.60. The number of para-hydroxylation sites is 1. The molecule has 0 atom stereocenters. The van der Waals surface area contributed by atoms with Crippen molar-refractivity contribution in [3.05, 3.63) is 94.4 Å². The quantitative estimate of drug-likeness (QED) is 0.343. The van der Waals surface area contributed by atoms with E-state index in [1.54, 1.807) is 24.3 Å². The number of ether oxygens (including phenoxy) is 1. The lowest BCUT2D eigenvalue weighted by Crippen LogP contribution is -2.27. The molecule has 4 rings (SSSR count). The molecule has 0 bridgehead atoms. The minimum Gasteiger partial charge on any atom is -0.467 e. The van der Waals surface area contributed by atoms with Gasteiger partial charge < -0.3 is 19.8 Å². The van der Waals surface area contributed by atoms with E-state index in [4.69, 9.17) is 9.15 Å². The molecule has 0 aliphatic rings. The largest absolute Gasteiger partial charge is 0.467 e. The molecule has 3 heterocycles. The number of carbonyl (C=O) groups is 3. The van der Waals surface area contributed by atoms with Crippen molar-refractivity contribution < 1.29 is 23.5 Å². The van der Waals surface area contributed by atoms with Crippen LogP contribution in [0.2, 0.25) is 0 Å². The summed E-state index contributed by atoms with van der Waals surface area (Å²) in [6.07, 6.45) is 4.12. The van der Waals surface area contributed by atoms with Gasteiger partial charge in [0, 0.05) is 13.1 Å². The van der Waals surface area contributed by atoms with E-state index in [-0.39, 0.29) is 34.8 Å². The number of rotatable bonds is 6. The molecular formula is C23H18N4O6. The van der Waals surface area contributed by atoms with Crippen molar-refractivity contribution in [3.63, 3.8) is 0 Å². The van der Waals surface area contributed by atoms with Gasteiger partial charge in [0.15, 0.2) is 5.65 Å². The van der Waals surface area contributed by atoms with E-state index >= 15 is 0 Å². The molecule has 10 nitrogen and oxygen atoms in total. The zero-order valence-corrected chi connectivity index (χ0v) is 17.4. The molecule has 0 saturated heterocycles. The minimum absolute atomic E-state index is 0.0619. The van der Waals surface area contributed by atoms with E-state index < -0.39 is 23.3 Å². The fourth-order valence-electron chi connectivity index (χ4n) is 3.13. The van der Waals surface area contributed by atoms with Crippen LogP contribution in [0.15, 0.2) is 76.4 Å². The van der Waals surface area contributed by atoms with Gasteiger partial charge in [0.1, 0.15) is 17.2 Å². The predicted molar refractivity (Wildman–Crippen MR) is 117 cm³/mol. The van der Waals surface area contributed by atoms with Gasteiger partial charge in [-0.15, -0.1) is 0 Å². The maximum Gasteiger partial charge on any atom is 0.308 e.